The molecule has 0 radical (unpaired) electrons. The van der Waals surface area contributed by atoms with E-state index < -0.39 is 0 Å². The van der Waals surface area contributed by atoms with Crippen molar-refractivity contribution >= 4 is 22.6 Å². The van der Waals surface area contributed by atoms with E-state index in [1.165, 1.54) is 0 Å². The summed E-state index contributed by atoms with van der Waals surface area (Å²) in [4.78, 5) is 27.3. The average Bonchev–Trinajstić information content (AvgIpc) is 3.35. The number of nitrogens with zero attached hydrogens (tertiary/aromatic N) is 4. The van der Waals surface area contributed by atoms with E-state index in [9.17, 15) is 9.59 Å². The highest BCUT2D eigenvalue weighted by molar-refractivity contribution is 5.98. The largest absolute Gasteiger partial charge is 0.349 e. The van der Waals surface area contributed by atoms with Crippen molar-refractivity contribution in [3.05, 3.63) is 90.3 Å². The average molecular weight is 425 g/mol. The lowest BCUT2D eigenvalue weighted by Crippen LogP contribution is -2.46. The van der Waals surface area contributed by atoms with E-state index in [2.05, 4.69) is 15.6 Å². The van der Waals surface area contributed by atoms with Gasteiger partial charge in [0.2, 0.25) is 0 Å². The molecular formula is C25H23N5O2. The summed E-state index contributed by atoms with van der Waals surface area (Å²) in [5, 5.41) is 13.4. The third kappa shape index (κ3) is 4.09. The Hall–Kier alpha value is -4.00. The van der Waals surface area contributed by atoms with E-state index in [0.29, 0.717) is 37.2 Å². The van der Waals surface area contributed by atoms with Crippen LogP contribution in [0.3, 0.4) is 0 Å². The highest BCUT2D eigenvalue weighted by atomic mass is 16.2. The molecule has 0 saturated carbocycles. The van der Waals surface area contributed by atoms with Gasteiger partial charge in [-0.2, -0.15) is 0 Å². The number of nitrogens with one attached hydrogen (secondary N) is 1. The molecule has 1 N–H and O–H groups in total. The first-order chi connectivity index (χ1) is 15.7. The molecule has 0 spiro atoms. The standard InChI is InChI=1S/C25H23N5O2/c31-24(20-11-10-18-6-4-5-7-19(18)16-20)26-21-12-14-29(15-13-21)25(32)23-17-30(28-27-23)22-8-2-1-3-9-22/h1-11,16-17,21H,12-15H2,(H,26,31). The zero-order chi connectivity index (χ0) is 21.9. The molecule has 3 aromatic carbocycles. The lowest BCUT2D eigenvalue weighted by molar-refractivity contribution is 0.0692. The molecule has 1 aliphatic rings. The monoisotopic (exact) mass is 425 g/mol. The third-order valence-electron chi connectivity index (χ3n) is 5.86. The van der Waals surface area contributed by atoms with Crippen molar-refractivity contribution in [2.75, 3.05) is 13.1 Å². The quantitative estimate of drug-likeness (QED) is 0.543. The fourth-order valence-electron chi connectivity index (χ4n) is 4.06. The van der Waals surface area contributed by atoms with Crippen molar-refractivity contribution < 1.29 is 9.59 Å². The molecule has 0 unspecified atom stereocenters. The molecule has 1 saturated heterocycles. The third-order valence-corrected chi connectivity index (χ3v) is 5.86. The van der Waals surface area contributed by atoms with Gasteiger partial charge in [-0.25, -0.2) is 4.68 Å². The van der Waals surface area contributed by atoms with Crippen LogP contribution in [-0.2, 0) is 0 Å². The molecule has 7 nitrogen and oxygen atoms in total. The first kappa shape index (κ1) is 19.9. The van der Waals surface area contributed by atoms with Gasteiger partial charge in [0.25, 0.3) is 11.8 Å². The van der Waals surface area contributed by atoms with Crippen LogP contribution in [0.25, 0.3) is 16.5 Å². The van der Waals surface area contributed by atoms with Crippen LogP contribution in [0.15, 0.2) is 79.0 Å². The maximum Gasteiger partial charge on any atom is 0.276 e. The van der Waals surface area contributed by atoms with Gasteiger partial charge >= 0.3 is 0 Å². The minimum Gasteiger partial charge on any atom is -0.349 e. The van der Waals surface area contributed by atoms with Gasteiger partial charge in [0.1, 0.15) is 0 Å². The fraction of sp³-hybridized carbons (Fsp3) is 0.200. The normalized spacial score (nSPS) is 14.4. The minimum atomic E-state index is -0.133. The SMILES string of the molecule is O=C(NC1CCN(C(=O)c2cn(-c3ccccc3)nn2)CC1)c1ccc2ccccc2c1. The van der Waals surface area contributed by atoms with Crippen LogP contribution in [-0.4, -0.2) is 50.8 Å². The number of hydrogen-bond acceptors (Lipinski definition) is 4. The number of benzene rings is 3. The lowest BCUT2D eigenvalue weighted by Gasteiger charge is -2.32. The molecule has 1 aliphatic heterocycles. The van der Waals surface area contributed by atoms with Crippen molar-refractivity contribution in [3.63, 3.8) is 0 Å². The summed E-state index contributed by atoms with van der Waals surface area (Å²) in [6, 6.07) is 23.3. The molecule has 4 aromatic rings. The molecule has 0 atom stereocenters. The molecule has 5 rings (SSSR count). The zero-order valence-electron chi connectivity index (χ0n) is 17.5. The summed E-state index contributed by atoms with van der Waals surface area (Å²) >= 11 is 0. The zero-order valence-corrected chi connectivity index (χ0v) is 17.5. The Bertz CT molecular complexity index is 1260. The second-order valence-corrected chi connectivity index (χ2v) is 7.99. The molecule has 2 heterocycles. The summed E-state index contributed by atoms with van der Waals surface area (Å²) in [6.07, 6.45) is 3.07. The first-order valence-corrected chi connectivity index (χ1v) is 10.7. The van der Waals surface area contributed by atoms with Crippen molar-refractivity contribution in [2.45, 2.75) is 18.9 Å². The topological polar surface area (TPSA) is 80.1 Å². The Morgan fingerprint density at radius 3 is 2.38 bits per heavy atom. The second-order valence-electron chi connectivity index (χ2n) is 7.99. The van der Waals surface area contributed by atoms with E-state index in [-0.39, 0.29) is 17.9 Å². The van der Waals surface area contributed by atoms with Crippen LogP contribution in [0, 0.1) is 0 Å². The van der Waals surface area contributed by atoms with Crippen LogP contribution in [0.1, 0.15) is 33.7 Å². The highest BCUT2D eigenvalue weighted by Crippen LogP contribution is 2.18. The predicted octanol–water partition coefficient (Wildman–Crippen LogP) is 3.46. The minimum absolute atomic E-state index is 0.0398. The van der Waals surface area contributed by atoms with Crippen LogP contribution in [0.5, 0.6) is 0 Å². The number of amides is 2. The molecule has 0 aliphatic carbocycles. The van der Waals surface area contributed by atoms with E-state index >= 15 is 0 Å². The van der Waals surface area contributed by atoms with Crippen LogP contribution < -0.4 is 5.32 Å². The Kier molecular flexibility index (Phi) is 5.37. The number of rotatable bonds is 4. The van der Waals surface area contributed by atoms with Crippen LogP contribution >= 0.6 is 0 Å². The molecule has 2 amide bonds. The Morgan fingerprint density at radius 2 is 1.59 bits per heavy atom. The number of carbonyl (C=O) groups excluding carboxylic acids is 2. The Morgan fingerprint density at radius 1 is 0.875 bits per heavy atom. The van der Waals surface area contributed by atoms with Crippen molar-refractivity contribution in [2.24, 2.45) is 0 Å². The van der Waals surface area contributed by atoms with Gasteiger partial charge in [0, 0.05) is 24.7 Å². The van der Waals surface area contributed by atoms with Crippen molar-refractivity contribution in [3.8, 4) is 5.69 Å². The van der Waals surface area contributed by atoms with E-state index in [1.54, 1.807) is 15.8 Å². The van der Waals surface area contributed by atoms with Gasteiger partial charge in [-0.05, 0) is 47.9 Å². The summed E-state index contributed by atoms with van der Waals surface area (Å²) in [5.74, 6) is -0.210. The van der Waals surface area contributed by atoms with Gasteiger partial charge in [-0.3, -0.25) is 9.59 Å². The number of aromatic nitrogens is 3. The fourth-order valence-corrected chi connectivity index (χ4v) is 4.06. The molecule has 1 fully saturated rings. The van der Waals surface area contributed by atoms with Gasteiger partial charge in [-0.15, -0.1) is 5.10 Å². The van der Waals surface area contributed by atoms with E-state index in [0.717, 1.165) is 16.5 Å². The first-order valence-electron chi connectivity index (χ1n) is 10.7. The van der Waals surface area contributed by atoms with Crippen LogP contribution in [0.2, 0.25) is 0 Å². The van der Waals surface area contributed by atoms with Crippen molar-refractivity contribution in [1.82, 2.24) is 25.2 Å². The molecular weight excluding hydrogens is 402 g/mol. The molecule has 160 valence electrons. The van der Waals surface area contributed by atoms with Crippen LogP contribution in [0.4, 0.5) is 0 Å². The number of para-hydroxylation sites is 1. The number of piperidine rings is 1. The number of likely N-dealkylation sites (tertiary alicyclic amines) is 1. The smallest absolute Gasteiger partial charge is 0.276 e. The van der Waals surface area contributed by atoms with Gasteiger partial charge < -0.3 is 10.2 Å². The lowest BCUT2D eigenvalue weighted by atomic mass is 10.0. The summed E-state index contributed by atoms with van der Waals surface area (Å²) in [7, 11) is 0. The van der Waals surface area contributed by atoms with Gasteiger partial charge in [-0.1, -0.05) is 53.7 Å². The predicted molar refractivity (Wildman–Crippen MR) is 122 cm³/mol. The highest BCUT2D eigenvalue weighted by Gasteiger charge is 2.26. The summed E-state index contributed by atoms with van der Waals surface area (Å²) in [5.41, 5.74) is 1.83. The van der Waals surface area contributed by atoms with E-state index in [4.69, 9.17) is 0 Å². The Balaban J connectivity index is 1.18. The number of carbonyl (C=O) groups is 2. The molecule has 0 bridgehead atoms. The Labute approximate surface area is 185 Å². The van der Waals surface area contributed by atoms with Gasteiger partial charge in [0.15, 0.2) is 5.69 Å². The molecule has 1 aromatic heterocycles. The maximum atomic E-state index is 12.8. The summed E-state index contributed by atoms with van der Waals surface area (Å²) < 4.78 is 1.60. The molecule has 32 heavy (non-hydrogen) atoms. The number of fused-ring (bicyclic) bond motifs is 1. The molecule has 7 heteroatoms. The summed E-state index contributed by atoms with van der Waals surface area (Å²) in [6.45, 7) is 1.14. The second kappa shape index (κ2) is 8.63. The van der Waals surface area contributed by atoms with Crippen molar-refractivity contribution in [1.29, 1.82) is 0 Å². The number of hydrogen-bond donors (Lipinski definition) is 1. The van der Waals surface area contributed by atoms with E-state index in [1.807, 2.05) is 72.8 Å². The maximum absolute atomic E-state index is 12.8. The van der Waals surface area contributed by atoms with Gasteiger partial charge in [0.05, 0.1) is 11.9 Å².